The van der Waals surface area contributed by atoms with Crippen LogP contribution in [0.1, 0.15) is 35.8 Å². The molecule has 1 aromatic rings. The number of carbonyl (C=O) groups excluding carboxylic acids is 1. The predicted octanol–water partition coefficient (Wildman–Crippen LogP) is 3.51. The summed E-state index contributed by atoms with van der Waals surface area (Å²) in [4.78, 5) is 12.6. The standard InChI is InChI=1S/C16H23BrN2O3/c1-16(2,3)22-15(20)19-9-7-18(8-10-19)13-6-5-12(17)11-14(13)21-4/h5-6,11H,7-10H2,1-4H3/i4D3,7D2,8D2,9D2,10D2. The number of amides is 1. The van der Waals surface area contributed by atoms with Crippen molar-refractivity contribution in [2.75, 3.05) is 37.9 Å². The summed E-state index contributed by atoms with van der Waals surface area (Å²) in [5.41, 5.74) is -1.80. The maximum Gasteiger partial charge on any atom is 0.410 e. The third-order valence-electron chi connectivity index (χ3n) is 2.40. The van der Waals surface area contributed by atoms with Gasteiger partial charge in [0.05, 0.1) is 27.8 Å². The van der Waals surface area contributed by atoms with Gasteiger partial charge in [-0.3, -0.25) is 0 Å². The largest absolute Gasteiger partial charge is 0.495 e. The molecule has 0 aromatic heterocycles. The molecule has 6 heteroatoms. The molecule has 1 saturated heterocycles. The van der Waals surface area contributed by atoms with Crippen LogP contribution in [-0.4, -0.2) is 49.6 Å². The minimum Gasteiger partial charge on any atom is -0.495 e. The van der Waals surface area contributed by atoms with Crippen LogP contribution in [0.4, 0.5) is 10.5 Å². The number of piperazine rings is 1. The number of hydrogen-bond acceptors (Lipinski definition) is 4. The van der Waals surface area contributed by atoms with Crippen molar-refractivity contribution < 1.29 is 29.3 Å². The molecule has 0 atom stereocenters. The van der Waals surface area contributed by atoms with Crippen molar-refractivity contribution in [3.05, 3.63) is 22.7 Å². The molecule has 1 aromatic carbocycles. The maximum atomic E-state index is 12.7. The van der Waals surface area contributed by atoms with E-state index in [0.29, 0.717) is 0 Å². The van der Waals surface area contributed by atoms with Crippen LogP contribution >= 0.6 is 15.9 Å². The molecule has 0 bridgehead atoms. The van der Waals surface area contributed by atoms with Gasteiger partial charge in [0.2, 0.25) is 0 Å². The van der Waals surface area contributed by atoms with Gasteiger partial charge < -0.3 is 19.3 Å². The van der Waals surface area contributed by atoms with Gasteiger partial charge >= 0.3 is 6.09 Å². The van der Waals surface area contributed by atoms with Gasteiger partial charge in [0.25, 0.3) is 0 Å². The molecule has 0 aliphatic carbocycles. The molecule has 5 nitrogen and oxygen atoms in total. The smallest absolute Gasteiger partial charge is 0.410 e. The number of rotatable bonds is 2. The number of ether oxygens (including phenoxy) is 2. The second kappa shape index (κ2) is 6.77. The minimum absolute atomic E-state index is 0.106. The number of anilines is 1. The molecule has 122 valence electrons. The molecule has 0 radical (unpaired) electrons. The Kier molecular flexibility index (Phi) is 2.29. The topological polar surface area (TPSA) is 42.0 Å². The highest BCUT2D eigenvalue weighted by Gasteiger charge is 2.26. The van der Waals surface area contributed by atoms with E-state index in [2.05, 4.69) is 15.9 Å². The highest BCUT2D eigenvalue weighted by atomic mass is 79.9. The van der Waals surface area contributed by atoms with Crippen LogP contribution in [0.3, 0.4) is 0 Å². The molecule has 0 saturated carbocycles. The second-order valence-electron chi connectivity index (χ2n) is 5.31. The Morgan fingerprint density at radius 3 is 2.59 bits per heavy atom. The number of halogens is 1. The predicted molar refractivity (Wildman–Crippen MR) is 90.7 cm³/mol. The van der Waals surface area contributed by atoms with Gasteiger partial charge in [0.15, 0.2) is 0 Å². The lowest BCUT2D eigenvalue weighted by Gasteiger charge is -2.37. The van der Waals surface area contributed by atoms with E-state index < -0.39 is 56.2 Å². The lowest BCUT2D eigenvalue weighted by molar-refractivity contribution is 0.0240. The highest BCUT2D eigenvalue weighted by molar-refractivity contribution is 9.10. The van der Waals surface area contributed by atoms with Crippen molar-refractivity contribution in [1.29, 1.82) is 0 Å². The number of methoxy groups -OCH3 is 1. The monoisotopic (exact) mass is 381 g/mol. The van der Waals surface area contributed by atoms with Crippen molar-refractivity contribution in [3.8, 4) is 5.75 Å². The average molecular weight is 382 g/mol. The van der Waals surface area contributed by atoms with Crippen LogP contribution in [0.2, 0.25) is 0 Å². The summed E-state index contributed by atoms with van der Waals surface area (Å²) in [7, 11) is -3.04. The fourth-order valence-electron chi connectivity index (χ4n) is 1.53. The fourth-order valence-corrected chi connectivity index (χ4v) is 1.87. The summed E-state index contributed by atoms with van der Waals surface area (Å²) in [5, 5.41) is 0. The van der Waals surface area contributed by atoms with Crippen LogP contribution in [-0.2, 0) is 4.74 Å². The zero-order chi connectivity index (χ0) is 26.0. The van der Waals surface area contributed by atoms with Gasteiger partial charge in [0.1, 0.15) is 11.4 Å². The van der Waals surface area contributed by atoms with Crippen LogP contribution in [0.15, 0.2) is 22.7 Å². The summed E-state index contributed by atoms with van der Waals surface area (Å²) >= 11 is 3.10. The van der Waals surface area contributed by atoms with E-state index in [9.17, 15) is 4.79 Å². The highest BCUT2D eigenvalue weighted by Crippen LogP contribution is 2.32. The molecule has 0 spiro atoms. The number of carbonyl (C=O) groups is 1. The van der Waals surface area contributed by atoms with Crippen molar-refractivity contribution in [2.24, 2.45) is 0 Å². The Morgan fingerprint density at radius 2 is 2.00 bits per heavy atom. The molecule has 0 unspecified atom stereocenters. The number of nitrogens with zero attached hydrogens (tertiary/aromatic N) is 2. The molecule has 0 N–H and O–H groups in total. The first kappa shape index (κ1) is 7.43. The lowest BCUT2D eigenvalue weighted by Crippen LogP contribution is -2.50. The third kappa shape index (κ3) is 4.29. The van der Waals surface area contributed by atoms with Crippen molar-refractivity contribution in [2.45, 2.75) is 26.4 Å². The molecule has 22 heavy (non-hydrogen) atoms. The summed E-state index contributed by atoms with van der Waals surface area (Å²) in [6, 6.07) is 3.44. The summed E-state index contributed by atoms with van der Waals surface area (Å²) in [6.07, 6.45) is -1.61. The van der Waals surface area contributed by atoms with Gasteiger partial charge in [-0.2, -0.15) is 0 Å². The van der Waals surface area contributed by atoms with Crippen molar-refractivity contribution in [1.82, 2.24) is 4.90 Å². The van der Waals surface area contributed by atoms with Crippen LogP contribution in [0.25, 0.3) is 0 Å². The average Bonchev–Trinajstić information content (AvgIpc) is 2.51. The normalized spacial score (nSPS) is 32.8. The minimum atomic E-state index is -3.49. The SMILES string of the molecule is [2H]C([2H])([2H])Oc1cc(Br)ccc1N1C([2H])([2H])C([2H])([2H])N(C(=O)OC(C)(C)C)C([2H])([2H])C1([2H])[2H]. The second-order valence-corrected chi connectivity index (χ2v) is 6.23. The van der Waals surface area contributed by atoms with E-state index in [1.54, 1.807) is 0 Å². The first-order valence-corrected chi connectivity index (χ1v) is 7.08. The zero-order valence-corrected chi connectivity index (χ0v) is 13.8. The zero-order valence-electron chi connectivity index (χ0n) is 23.2. The molecule has 1 amide bonds. The number of hydrogen-bond donors (Lipinski definition) is 0. The molecular formula is C16H23BrN2O3. The van der Waals surface area contributed by atoms with Gasteiger partial charge in [-0.1, -0.05) is 15.9 Å². The van der Waals surface area contributed by atoms with Crippen molar-refractivity contribution >= 4 is 27.7 Å². The maximum absolute atomic E-state index is 12.7. The molecule has 2 rings (SSSR count). The Labute approximate surface area is 155 Å². The Morgan fingerprint density at radius 1 is 1.32 bits per heavy atom. The van der Waals surface area contributed by atoms with Gasteiger partial charge in [-0.05, 0) is 39.0 Å². The van der Waals surface area contributed by atoms with E-state index in [1.165, 1.54) is 26.8 Å². The van der Waals surface area contributed by atoms with Gasteiger partial charge in [-0.15, -0.1) is 0 Å². The molecule has 1 fully saturated rings. The van der Waals surface area contributed by atoms with E-state index in [-0.39, 0.29) is 14.3 Å². The van der Waals surface area contributed by atoms with E-state index >= 15 is 0 Å². The molecule has 1 aliphatic rings. The quantitative estimate of drug-likeness (QED) is 0.785. The van der Waals surface area contributed by atoms with E-state index in [4.69, 9.17) is 24.6 Å². The first-order valence-electron chi connectivity index (χ1n) is 11.8. The fraction of sp³-hybridized carbons (Fsp3) is 0.562. The Bertz CT molecular complexity index is 903. The molecular weight excluding hydrogens is 348 g/mol. The molecule has 1 aliphatic heterocycles. The van der Waals surface area contributed by atoms with Crippen molar-refractivity contribution in [3.63, 3.8) is 0 Å². The summed E-state index contributed by atoms with van der Waals surface area (Å²) < 4.78 is 99.4. The summed E-state index contributed by atoms with van der Waals surface area (Å²) in [6.45, 7) is -9.57. The van der Waals surface area contributed by atoms with Gasteiger partial charge in [-0.25, -0.2) is 4.79 Å². The van der Waals surface area contributed by atoms with E-state index in [1.807, 2.05) is 0 Å². The Balaban J connectivity index is 2.79. The van der Waals surface area contributed by atoms with Crippen LogP contribution < -0.4 is 9.64 Å². The first-order chi connectivity index (χ1) is 14.5. The third-order valence-corrected chi connectivity index (χ3v) is 2.89. The lowest BCUT2D eigenvalue weighted by atomic mass is 10.2. The van der Waals surface area contributed by atoms with Crippen LogP contribution in [0, 0.1) is 0 Å². The summed E-state index contributed by atoms with van der Waals surface area (Å²) in [5.74, 6) is -0.561. The van der Waals surface area contributed by atoms with Gasteiger partial charge in [0, 0.05) is 30.5 Å². The van der Waals surface area contributed by atoms with Crippen LogP contribution in [0.5, 0.6) is 5.75 Å². The number of benzene rings is 1. The molecule has 1 heterocycles. The van der Waals surface area contributed by atoms with E-state index in [0.717, 1.165) is 12.1 Å². The Hall–Kier alpha value is -1.43.